The van der Waals surface area contributed by atoms with Gasteiger partial charge in [0.15, 0.2) is 11.5 Å². The molecule has 0 aromatic heterocycles. The minimum Gasteiger partial charge on any atom is -0.454 e. The SMILES string of the molecule is CCc1cccc(NC2c3ccccc3C(=O)N2Cc2ccc3c(c2)OCO3)c1. The van der Waals surface area contributed by atoms with Crippen molar-refractivity contribution in [3.63, 3.8) is 0 Å². The second-order valence-electron chi connectivity index (χ2n) is 7.31. The Hall–Kier alpha value is -3.47. The van der Waals surface area contributed by atoms with Crippen LogP contribution in [0.1, 0.15) is 40.1 Å². The maximum Gasteiger partial charge on any atom is 0.256 e. The lowest BCUT2D eigenvalue weighted by Gasteiger charge is -2.27. The minimum absolute atomic E-state index is 0.0300. The Morgan fingerprint density at radius 1 is 0.966 bits per heavy atom. The Morgan fingerprint density at radius 3 is 2.72 bits per heavy atom. The van der Waals surface area contributed by atoms with E-state index in [0.29, 0.717) is 6.54 Å². The van der Waals surface area contributed by atoms with Crippen LogP contribution in [0.5, 0.6) is 11.5 Å². The smallest absolute Gasteiger partial charge is 0.256 e. The quantitative estimate of drug-likeness (QED) is 0.688. The van der Waals surface area contributed by atoms with Gasteiger partial charge >= 0.3 is 0 Å². The number of benzene rings is 3. The van der Waals surface area contributed by atoms with E-state index in [1.807, 2.05) is 59.5 Å². The van der Waals surface area contributed by atoms with Gasteiger partial charge in [-0.2, -0.15) is 0 Å². The topological polar surface area (TPSA) is 50.8 Å². The van der Waals surface area contributed by atoms with Crippen LogP contribution in [0.2, 0.25) is 0 Å². The van der Waals surface area contributed by atoms with Crippen LogP contribution in [0.3, 0.4) is 0 Å². The molecule has 0 spiro atoms. The summed E-state index contributed by atoms with van der Waals surface area (Å²) in [5, 5.41) is 3.57. The van der Waals surface area contributed by atoms with Gasteiger partial charge in [0.1, 0.15) is 6.17 Å². The number of hydrogen-bond donors (Lipinski definition) is 1. The number of nitrogens with one attached hydrogen (secondary N) is 1. The zero-order valence-corrected chi connectivity index (χ0v) is 16.2. The fraction of sp³-hybridized carbons (Fsp3) is 0.208. The van der Waals surface area contributed by atoms with E-state index >= 15 is 0 Å². The first-order chi connectivity index (χ1) is 14.2. The van der Waals surface area contributed by atoms with E-state index in [1.165, 1.54) is 5.56 Å². The van der Waals surface area contributed by atoms with Crippen molar-refractivity contribution in [2.45, 2.75) is 26.1 Å². The molecule has 2 aliphatic heterocycles. The number of amides is 1. The Balaban J connectivity index is 1.48. The molecule has 0 radical (unpaired) electrons. The average Bonchev–Trinajstić information content (AvgIpc) is 3.32. The summed E-state index contributed by atoms with van der Waals surface area (Å²) in [4.78, 5) is 15.1. The number of carbonyl (C=O) groups is 1. The van der Waals surface area contributed by atoms with Crippen molar-refractivity contribution in [3.05, 3.63) is 89.0 Å². The molecule has 1 N–H and O–H groups in total. The highest BCUT2D eigenvalue weighted by Gasteiger charge is 2.36. The van der Waals surface area contributed by atoms with Crippen molar-refractivity contribution in [1.82, 2.24) is 4.90 Å². The third-order valence-corrected chi connectivity index (χ3v) is 5.49. The summed E-state index contributed by atoms with van der Waals surface area (Å²) >= 11 is 0. The van der Waals surface area contributed by atoms with Gasteiger partial charge in [0.25, 0.3) is 5.91 Å². The van der Waals surface area contributed by atoms with Crippen molar-refractivity contribution in [3.8, 4) is 11.5 Å². The zero-order valence-electron chi connectivity index (χ0n) is 16.2. The predicted octanol–water partition coefficient (Wildman–Crippen LogP) is 4.74. The number of anilines is 1. The summed E-state index contributed by atoms with van der Waals surface area (Å²) in [5.74, 6) is 1.50. The first kappa shape index (κ1) is 17.6. The van der Waals surface area contributed by atoms with Gasteiger partial charge in [0, 0.05) is 23.4 Å². The van der Waals surface area contributed by atoms with Crippen LogP contribution in [0.25, 0.3) is 0 Å². The van der Waals surface area contributed by atoms with Crippen LogP contribution < -0.4 is 14.8 Å². The average molecular weight is 386 g/mol. The molecule has 0 saturated heterocycles. The second kappa shape index (κ2) is 7.17. The van der Waals surface area contributed by atoms with E-state index in [0.717, 1.165) is 40.3 Å². The Labute approximate surface area is 169 Å². The summed E-state index contributed by atoms with van der Waals surface area (Å²) in [7, 11) is 0. The third kappa shape index (κ3) is 3.18. The number of fused-ring (bicyclic) bond motifs is 2. The van der Waals surface area contributed by atoms with Gasteiger partial charge in [-0.1, -0.05) is 43.3 Å². The first-order valence-electron chi connectivity index (χ1n) is 9.87. The molecule has 5 nitrogen and oxygen atoms in total. The maximum atomic E-state index is 13.2. The number of rotatable bonds is 5. The molecule has 0 saturated carbocycles. The number of ether oxygens (including phenoxy) is 2. The summed E-state index contributed by atoms with van der Waals surface area (Å²) < 4.78 is 10.9. The molecule has 0 aliphatic carbocycles. The van der Waals surface area contributed by atoms with Gasteiger partial charge in [-0.3, -0.25) is 4.79 Å². The second-order valence-corrected chi connectivity index (χ2v) is 7.31. The summed E-state index contributed by atoms with van der Waals surface area (Å²) in [6.07, 6.45) is 0.743. The van der Waals surface area contributed by atoms with E-state index in [1.54, 1.807) is 0 Å². The van der Waals surface area contributed by atoms with Crippen LogP contribution in [-0.4, -0.2) is 17.6 Å². The van der Waals surface area contributed by atoms with Gasteiger partial charge in [-0.05, 0) is 47.9 Å². The Kier molecular flexibility index (Phi) is 4.35. The van der Waals surface area contributed by atoms with Crippen LogP contribution in [0.4, 0.5) is 5.69 Å². The van der Waals surface area contributed by atoms with Crippen molar-refractivity contribution in [1.29, 1.82) is 0 Å². The molecule has 2 heterocycles. The number of nitrogens with zero attached hydrogens (tertiary/aromatic N) is 1. The summed E-state index contributed by atoms with van der Waals surface area (Å²) in [5.41, 5.74) is 5.02. The highest BCUT2D eigenvalue weighted by molar-refractivity contribution is 5.99. The fourth-order valence-electron chi connectivity index (χ4n) is 3.96. The van der Waals surface area contributed by atoms with E-state index < -0.39 is 0 Å². The van der Waals surface area contributed by atoms with Crippen LogP contribution in [0.15, 0.2) is 66.7 Å². The Bertz CT molecular complexity index is 1080. The maximum absolute atomic E-state index is 13.2. The molecule has 1 unspecified atom stereocenters. The van der Waals surface area contributed by atoms with E-state index in [-0.39, 0.29) is 18.9 Å². The molecule has 0 bridgehead atoms. The third-order valence-electron chi connectivity index (χ3n) is 5.49. The standard InChI is InChI=1S/C24H22N2O3/c1-2-16-6-5-7-18(12-16)25-23-19-8-3-4-9-20(19)24(27)26(23)14-17-10-11-21-22(13-17)29-15-28-21/h3-13,23,25H,2,14-15H2,1H3. The highest BCUT2D eigenvalue weighted by atomic mass is 16.7. The number of hydrogen-bond acceptors (Lipinski definition) is 4. The van der Waals surface area contributed by atoms with Gasteiger partial charge < -0.3 is 19.7 Å². The van der Waals surface area contributed by atoms with Gasteiger partial charge in [-0.25, -0.2) is 0 Å². The first-order valence-corrected chi connectivity index (χ1v) is 9.87. The van der Waals surface area contributed by atoms with Crippen LogP contribution in [0, 0.1) is 0 Å². The van der Waals surface area contributed by atoms with Gasteiger partial charge in [-0.15, -0.1) is 0 Å². The lowest BCUT2D eigenvalue weighted by Crippen LogP contribution is -2.31. The summed E-state index contributed by atoms with van der Waals surface area (Å²) in [6.45, 7) is 2.86. The molecule has 0 fully saturated rings. The molecule has 2 aliphatic rings. The van der Waals surface area contributed by atoms with Crippen LogP contribution >= 0.6 is 0 Å². The number of carbonyl (C=O) groups excluding carboxylic acids is 1. The van der Waals surface area contributed by atoms with E-state index in [2.05, 4.69) is 24.4 Å². The molecule has 1 atom stereocenters. The minimum atomic E-state index is -0.226. The predicted molar refractivity (Wildman–Crippen MR) is 111 cm³/mol. The van der Waals surface area contributed by atoms with E-state index in [9.17, 15) is 4.79 Å². The largest absolute Gasteiger partial charge is 0.454 e. The molecular weight excluding hydrogens is 364 g/mol. The fourth-order valence-corrected chi connectivity index (χ4v) is 3.96. The molecule has 146 valence electrons. The molecule has 3 aromatic carbocycles. The van der Waals surface area contributed by atoms with E-state index in [4.69, 9.17) is 9.47 Å². The van der Waals surface area contributed by atoms with Gasteiger partial charge in [0.05, 0.1) is 0 Å². The molecule has 5 heteroatoms. The highest BCUT2D eigenvalue weighted by Crippen LogP contribution is 2.37. The van der Waals surface area contributed by atoms with Crippen LogP contribution in [-0.2, 0) is 13.0 Å². The normalized spacial score (nSPS) is 16.8. The number of aryl methyl sites for hydroxylation is 1. The van der Waals surface area contributed by atoms with Crippen molar-refractivity contribution >= 4 is 11.6 Å². The molecule has 3 aromatic rings. The Morgan fingerprint density at radius 2 is 1.83 bits per heavy atom. The molecule has 5 rings (SSSR count). The summed E-state index contributed by atoms with van der Waals surface area (Å²) in [6, 6.07) is 22.0. The van der Waals surface area contributed by atoms with Crippen molar-refractivity contribution in [2.24, 2.45) is 0 Å². The van der Waals surface area contributed by atoms with Crippen molar-refractivity contribution in [2.75, 3.05) is 12.1 Å². The monoisotopic (exact) mass is 386 g/mol. The lowest BCUT2D eigenvalue weighted by atomic mass is 10.1. The lowest BCUT2D eigenvalue weighted by molar-refractivity contribution is 0.0728. The van der Waals surface area contributed by atoms with Crippen molar-refractivity contribution < 1.29 is 14.3 Å². The zero-order chi connectivity index (χ0) is 19.8. The van der Waals surface area contributed by atoms with Gasteiger partial charge in [0.2, 0.25) is 6.79 Å². The molecule has 29 heavy (non-hydrogen) atoms. The molecule has 1 amide bonds. The molecular formula is C24H22N2O3.